The van der Waals surface area contributed by atoms with Crippen LogP contribution in [0.2, 0.25) is 0 Å². The maximum Gasteiger partial charge on any atom is 0.132 e. The number of hydrogen-bond donors (Lipinski definition) is 0. The van der Waals surface area contributed by atoms with E-state index in [4.69, 9.17) is 9.47 Å². The molecule has 0 amide bonds. The standard InChI is InChI=1S/C62H39NO2/c1-2-19-40(20-3-1)42-21-6-13-31-54(42)63(41-37-38-44-43-22-4-7-24-46(43)62(53(44)39-41)50-28-11-16-35-58(50)65-59-36-17-12-29-51(59)62)55-32-18-30-52-60(55)45-23-5-8-25-47(45)61(52)48-26-9-14-33-56(48)64-57-34-15-10-27-49(57)61/h1-39H. The molecule has 10 aromatic carbocycles. The van der Waals surface area contributed by atoms with E-state index in [1.54, 1.807) is 0 Å². The molecule has 14 rings (SSSR count). The Kier molecular flexibility index (Phi) is 7.53. The molecule has 2 heterocycles. The lowest BCUT2D eigenvalue weighted by Gasteiger charge is -2.40. The van der Waals surface area contributed by atoms with Crippen molar-refractivity contribution in [2.75, 3.05) is 4.90 Å². The van der Waals surface area contributed by atoms with Crippen LogP contribution in [0.15, 0.2) is 237 Å². The molecule has 0 unspecified atom stereocenters. The Morgan fingerprint density at radius 3 is 1.29 bits per heavy atom. The average molecular weight is 830 g/mol. The molecule has 0 atom stereocenters. The smallest absolute Gasteiger partial charge is 0.132 e. The molecule has 65 heavy (non-hydrogen) atoms. The van der Waals surface area contributed by atoms with Gasteiger partial charge in [0.15, 0.2) is 0 Å². The van der Waals surface area contributed by atoms with Gasteiger partial charge in [-0.2, -0.15) is 0 Å². The Hall–Kier alpha value is -8.40. The topological polar surface area (TPSA) is 21.7 Å². The SMILES string of the molecule is c1ccc(-c2ccccc2N(c2ccc3c(c2)C2(c4ccccc4Oc4ccccc42)c2ccccc2-3)c2cccc3c2-c2ccccc2C32c3ccccc3Oc3ccccc32)cc1. The van der Waals surface area contributed by atoms with E-state index in [-0.39, 0.29) is 0 Å². The predicted octanol–water partition coefficient (Wildman–Crippen LogP) is 15.8. The lowest BCUT2D eigenvalue weighted by molar-refractivity contribution is 0.436. The molecule has 2 spiro atoms. The minimum Gasteiger partial charge on any atom is -0.457 e. The monoisotopic (exact) mass is 829 g/mol. The van der Waals surface area contributed by atoms with Crippen molar-refractivity contribution in [1.82, 2.24) is 0 Å². The molecule has 0 aromatic heterocycles. The molecule has 304 valence electrons. The van der Waals surface area contributed by atoms with Crippen LogP contribution in [0.1, 0.15) is 44.5 Å². The van der Waals surface area contributed by atoms with Crippen molar-refractivity contribution in [1.29, 1.82) is 0 Å². The van der Waals surface area contributed by atoms with Crippen molar-refractivity contribution >= 4 is 17.1 Å². The molecule has 3 heteroatoms. The fraction of sp³-hybridized carbons (Fsp3) is 0.0323. The van der Waals surface area contributed by atoms with Gasteiger partial charge in [0.2, 0.25) is 0 Å². The van der Waals surface area contributed by atoms with Crippen LogP contribution in [-0.2, 0) is 10.8 Å². The van der Waals surface area contributed by atoms with Crippen LogP contribution in [0.4, 0.5) is 17.1 Å². The van der Waals surface area contributed by atoms with E-state index in [1.165, 1.54) is 44.5 Å². The van der Waals surface area contributed by atoms with Crippen LogP contribution in [0.5, 0.6) is 23.0 Å². The second-order valence-corrected chi connectivity index (χ2v) is 17.4. The Balaban J connectivity index is 1.10. The van der Waals surface area contributed by atoms with Crippen LogP contribution < -0.4 is 14.4 Å². The van der Waals surface area contributed by atoms with Crippen molar-refractivity contribution in [3.8, 4) is 56.4 Å². The molecule has 2 aliphatic carbocycles. The van der Waals surface area contributed by atoms with Gasteiger partial charge in [0.1, 0.15) is 23.0 Å². The zero-order valence-electron chi connectivity index (χ0n) is 35.3. The van der Waals surface area contributed by atoms with Crippen molar-refractivity contribution in [3.05, 3.63) is 281 Å². The quantitative estimate of drug-likeness (QED) is 0.176. The Bertz CT molecular complexity index is 3500. The Labute approximate surface area is 378 Å². The van der Waals surface area contributed by atoms with E-state index in [2.05, 4.69) is 241 Å². The fourth-order valence-electron chi connectivity index (χ4n) is 12.0. The van der Waals surface area contributed by atoms with Crippen LogP contribution >= 0.6 is 0 Å². The zero-order valence-corrected chi connectivity index (χ0v) is 35.3. The van der Waals surface area contributed by atoms with Crippen LogP contribution in [-0.4, -0.2) is 0 Å². The molecule has 2 aliphatic heterocycles. The summed E-state index contributed by atoms with van der Waals surface area (Å²) in [4.78, 5) is 2.53. The molecular formula is C62H39NO2. The third-order valence-electron chi connectivity index (χ3n) is 14.4. The lowest BCUT2D eigenvalue weighted by Crippen LogP contribution is -2.32. The van der Waals surface area contributed by atoms with E-state index < -0.39 is 10.8 Å². The number of benzene rings is 10. The molecule has 0 fully saturated rings. The van der Waals surface area contributed by atoms with Gasteiger partial charge >= 0.3 is 0 Å². The van der Waals surface area contributed by atoms with Gasteiger partial charge in [0, 0.05) is 39.1 Å². The van der Waals surface area contributed by atoms with Gasteiger partial charge in [-0.1, -0.05) is 188 Å². The summed E-state index contributed by atoms with van der Waals surface area (Å²) in [6, 6.07) is 86.2. The lowest BCUT2D eigenvalue weighted by atomic mass is 9.66. The molecule has 0 bridgehead atoms. The Morgan fingerprint density at radius 2 is 0.692 bits per heavy atom. The fourth-order valence-corrected chi connectivity index (χ4v) is 12.0. The first-order chi connectivity index (χ1) is 32.3. The third kappa shape index (κ3) is 4.74. The highest BCUT2D eigenvalue weighted by Crippen LogP contribution is 2.66. The van der Waals surface area contributed by atoms with E-state index in [1.807, 2.05) is 0 Å². The third-order valence-corrected chi connectivity index (χ3v) is 14.4. The summed E-state index contributed by atoms with van der Waals surface area (Å²) < 4.78 is 13.5. The molecule has 0 N–H and O–H groups in total. The highest BCUT2D eigenvalue weighted by atomic mass is 16.5. The highest BCUT2D eigenvalue weighted by molar-refractivity contribution is 6.01. The van der Waals surface area contributed by atoms with Gasteiger partial charge in [-0.05, 0) is 93.0 Å². The van der Waals surface area contributed by atoms with Crippen molar-refractivity contribution < 1.29 is 9.47 Å². The summed E-state index contributed by atoms with van der Waals surface area (Å²) in [5.74, 6) is 3.52. The number of nitrogens with zero attached hydrogens (tertiary/aromatic N) is 1. The number of rotatable bonds is 4. The van der Waals surface area contributed by atoms with Crippen molar-refractivity contribution in [2.24, 2.45) is 0 Å². The molecule has 3 nitrogen and oxygen atoms in total. The van der Waals surface area contributed by atoms with Gasteiger partial charge in [-0.15, -0.1) is 0 Å². The van der Waals surface area contributed by atoms with Gasteiger partial charge in [0.05, 0.1) is 22.2 Å². The molecule has 4 aliphatic rings. The van der Waals surface area contributed by atoms with Crippen LogP contribution in [0.3, 0.4) is 0 Å². The maximum absolute atomic E-state index is 6.74. The molecule has 0 radical (unpaired) electrons. The van der Waals surface area contributed by atoms with Crippen LogP contribution in [0.25, 0.3) is 33.4 Å². The van der Waals surface area contributed by atoms with Crippen molar-refractivity contribution in [2.45, 2.75) is 10.8 Å². The number of anilines is 3. The molecule has 0 saturated heterocycles. The number of para-hydroxylation sites is 5. The number of fused-ring (bicyclic) bond motifs is 18. The summed E-state index contributed by atoms with van der Waals surface area (Å²) in [7, 11) is 0. The second kappa shape index (κ2) is 13.6. The minimum atomic E-state index is -0.622. The normalized spacial score (nSPS) is 14.3. The first-order valence-electron chi connectivity index (χ1n) is 22.4. The van der Waals surface area contributed by atoms with Gasteiger partial charge in [0.25, 0.3) is 0 Å². The molecule has 10 aromatic rings. The number of ether oxygens (including phenoxy) is 2. The predicted molar refractivity (Wildman–Crippen MR) is 261 cm³/mol. The summed E-state index contributed by atoms with van der Waals surface area (Å²) >= 11 is 0. The highest BCUT2D eigenvalue weighted by Gasteiger charge is 2.53. The first kappa shape index (κ1) is 36.1. The van der Waals surface area contributed by atoms with E-state index in [0.29, 0.717) is 0 Å². The zero-order chi connectivity index (χ0) is 42.7. The first-order valence-corrected chi connectivity index (χ1v) is 22.4. The van der Waals surface area contributed by atoms with E-state index in [0.717, 1.165) is 73.4 Å². The van der Waals surface area contributed by atoms with Crippen LogP contribution in [0, 0.1) is 0 Å². The summed E-state index contributed by atoms with van der Waals surface area (Å²) in [6.45, 7) is 0. The largest absolute Gasteiger partial charge is 0.457 e. The minimum absolute atomic E-state index is 0.614. The molecular weight excluding hydrogens is 791 g/mol. The second-order valence-electron chi connectivity index (χ2n) is 17.4. The number of hydrogen-bond acceptors (Lipinski definition) is 3. The van der Waals surface area contributed by atoms with E-state index in [9.17, 15) is 0 Å². The summed E-state index contributed by atoms with van der Waals surface area (Å²) in [6.07, 6.45) is 0. The van der Waals surface area contributed by atoms with Gasteiger partial charge in [-0.3, -0.25) is 0 Å². The maximum atomic E-state index is 6.74. The summed E-state index contributed by atoms with van der Waals surface area (Å²) in [5, 5.41) is 0. The van der Waals surface area contributed by atoms with Crippen molar-refractivity contribution in [3.63, 3.8) is 0 Å². The Morgan fingerprint density at radius 1 is 0.277 bits per heavy atom. The average Bonchev–Trinajstić information content (AvgIpc) is 3.83. The van der Waals surface area contributed by atoms with E-state index >= 15 is 0 Å². The van der Waals surface area contributed by atoms with Gasteiger partial charge in [-0.25, -0.2) is 0 Å². The summed E-state index contributed by atoms with van der Waals surface area (Å²) in [5.41, 5.74) is 18.8. The molecule has 0 saturated carbocycles. The van der Waals surface area contributed by atoms with Gasteiger partial charge < -0.3 is 14.4 Å².